The SMILES string of the molecule is C#C.C/C=C(N=C1O/C(=C/c2ccc(N(c3ccccc3)c3ccccc3)cc2)C(=O)N1CC)\C(Br)=C/CBr. The zero-order valence-electron chi connectivity index (χ0n) is 21.8. The smallest absolute Gasteiger partial charge is 0.305 e. The molecule has 0 aromatic heterocycles. The van der Waals surface area contributed by atoms with Crippen LogP contribution < -0.4 is 4.90 Å². The quantitative estimate of drug-likeness (QED) is 0.107. The number of amides is 1. The first kappa shape index (κ1) is 29.7. The van der Waals surface area contributed by atoms with Crippen molar-refractivity contribution in [3.05, 3.63) is 119 Å². The van der Waals surface area contributed by atoms with E-state index in [4.69, 9.17) is 4.74 Å². The van der Waals surface area contributed by atoms with Gasteiger partial charge in [-0.05, 0) is 77.8 Å². The van der Waals surface area contributed by atoms with E-state index in [0.717, 1.165) is 27.1 Å². The van der Waals surface area contributed by atoms with Crippen molar-refractivity contribution < 1.29 is 9.53 Å². The first-order valence-electron chi connectivity index (χ1n) is 12.3. The number of carbonyl (C=O) groups is 1. The van der Waals surface area contributed by atoms with Crippen LogP contribution in [0.2, 0.25) is 0 Å². The molecule has 1 amide bonds. The van der Waals surface area contributed by atoms with E-state index >= 15 is 0 Å². The highest BCUT2D eigenvalue weighted by Gasteiger charge is 2.34. The lowest BCUT2D eigenvalue weighted by molar-refractivity contribution is -0.122. The van der Waals surface area contributed by atoms with E-state index in [1.807, 2.05) is 86.7 Å². The van der Waals surface area contributed by atoms with Crippen LogP contribution >= 0.6 is 31.9 Å². The third-order valence-electron chi connectivity index (χ3n) is 5.67. The Balaban J connectivity index is 0.00000205. The van der Waals surface area contributed by atoms with Crippen molar-refractivity contribution in [2.75, 3.05) is 16.8 Å². The van der Waals surface area contributed by atoms with Crippen molar-refractivity contribution in [1.29, 1.82) is 0 Å². The molecular formula is C32H29Br2N3O2. The standard InChI is InChI=1S/C30H27Br2N3O2.C2H2/c1-3-27(26(32)19-20-31)33-30-34(4-2)29(36)28(37-30)21-22-15-17-25(18-16-22)35(23-11-7-5-8-12-23)24-13-9-6-10-14-24;1-2/h3,5-19,21H,4,20H2,1-2H3;1-2H/b26-19+,27-3+,28-21+,33-30?;. The molecule has 0 radical (unpaired) electrons. The lowest BCUT2D eigenvalue weighted by atomic mass is 10.1. The van der Waals surface area contributed by atoms with Crippen molar-refractivity contribution in [3.63, 3.8) is 0 Å². The molecule has 0 atom stereocenters. The number of anilines is 3. The number of halogens is 2. The summed E-state index contributed by atoms with van der Waals surface area (Å²) in [5.74, 6) is 0.0314. The Hall–Kier alpha value is -3.86. The molecule has 1 saturated heterocycles. The topological polar surface area (TPSA) is 45.1 Å². The summed E-state index contributed by atoms with van der Waals surface area (Å²) in [4.78, 5) is 21.4. The molecule has 198 valence electrons. The van der Waals surface area contributed by atoms with Gasteiger partial charge in [-0.3, -0.25) is 9.69 Å². The Kier molecular flexibility index (Phi) is 11.4. The minimum absolute atomic E-state index is 0.212. The van der Waals surface area contributed by atoms with Crippen LogP contribution in [0.1, 0.15) is 19.4 Å². The molecular weight excluding hydrogens is 618 g/mol. The fraction of sp³-hybridized carbons (Fsp3) is 0.125. The van der Waals surface area contributed by atoms with Gasteiger partial charge in [-0.25, -0.2) is 0 Å². The molecule has 0 bridgehead atoms. The Morgan fingerprint density at radius 2 is 1.49 bits per heavy atom. The van der Waals surface area contributed by atoms with Crippen LogP contribution in [0.3, 0.4) is 0 Å². The molecule has 1 aliphatic rings. The summed E-state index contributed by atoms with van der Waals surface area (Å²) in [6.07, 6.45) is 13.6. The molecule has 1 fully saturated rings. The number of alkyl halides is 1. The summed E-state index contributed by atoms with van der Waals surface area (Å²) in [5.41, 5.74) is 4.68. The zero-order chi connectivity index (χ0) is 28.2. The van der Waals surface area contributed by atoms with Crippen LogP contribution in [0.15, 0.2) is 118 Å². The maximum Gasteiger partial charge on any atom is 0.305 e. The normalized spacial score (nSPS) is 15.6. The second kappa shape index (κ2) is 14.9. The van der Waals surface area contributed by atoms with Gasteiger partial charge in [-0.2, -0.15) is 4.99 Å². The highest BCUT2D eigenvalue weighted by Crippen LogP contribution is 2.34. The number of ether oxygens (including phenoxy) is 1. The Morgan fingerprint density at radius 3 is 1.97 bits per heavy atom. The first-order valence-corrected chi connectivity index (χ1v) is 14.2. The number of carbonyl (C=O) groups excluding carboxylic acids is 1. The van der Waals surface area contributed by atoms with E-state index in [0.29, 0.717) is 17.6 Å². The average molecular weight is 647 g/mol. The first-order chi connectivity index (χ1) is 19.0. The number of hydrogen-bond donors (Lipinski definition) is 0. The number of nitrogens with zero attached hydrogens (tertiary/aromatic N) is 3. The molecule has 0 saturated carbocycles. The summed E-state index contributed by atoms with van der Waals surface area (Å²) < 4.78 is 6.75. The van der Waals surface area contributed by atoms with Gasteiger partial charge in [0, 0.05) is 33.4 Å². The minimum Gasteiger partial charge on any atom is -0.419 e. The summed E-state index contributed by atoms with van der Waals surface area (Å²) in [5, 5.41) is 0.681. The van der Waals surface area contributed by atoms with Crippen LogP contribution in [-0.4, -0.2) is 28.7 Å². The molecule has 7 heteroatoms. The van der Waals surface area contributed by atoms with Gasteiger partial charge in [0.05, 0.1) is 5.70 Å². The van der Waals surface area contributed by atoms with Crippen LogP contribution in [0.5, 0.6) is 0 Å². The predicted molar refractivity (Wildman–Crippen MR) is 169 cm³/mol. The zero-order valence-corrected chi connectivity index (χ0v) is 25.0. The van der Waals surface area contributed by atoms with Gasteiger partial charge >= 0.3 is 6.02 Å². The molecule has 0 unspecified atom stereocenters. The Labute approximate surface area is 247 Å². The van der Waals surface area contributed by atoms with Crippen LogP contribution in [0.25, 0.3) is 6.08 Å². The van der Waals surface area contributed by atoms with E-state index in [1.165, 1.54) is 4.90 Å². The fourth-order valence-corrected chi connectivity index (χ4v) is 5.11. The summed E-state index contributed by atoms with van der Waals surface area (Å²) >= 11 is 6.92. The second-order valence-corrected chi connectivity index (χ2v) is 9.53. The van der Waals surface area contributed by atoms with E-state index in [2.05, 4.69) is 78.9 Å². The van der Waals surface area contributed by atoms with Gasteiger partial charge in [0.2, 0.25) is 0 Å². The third-order valence-corrected chi connectivity index (χ3v) is 6.73. The molecule has 0 aliphatic carbocycles. The van der Waals surface area contributed by atoms with Gasteiger partial charge in [0.15, 0.2) is 5.76 Å². The van der Waals surface area contributed by atoms with Crippen LogP contribution in [0, 0.1) is 12.8 Å². The molecule has 0 spiro atoms. The number of allylic oxidation sites excluding steroid dienone is 3. The number of aliphatic imine (C=N–C) groups is 1. The van der Waals surface area contributed by atoms with Crippen molar-refractivity contribution >= 4 is 66.9 Å². The number of terminal acetylenes is 1. The lowest BCUT2D eigenvalue weighted by Crippen LogP contribution is -2.29. The molecule has 1 aliphatic heterocycles. The number of benzene rings is 3. The number of para-hydroxylation sites is 2. The van der Waals surface area contributed by atoms with Crippen molar-refractivity contribution in [3.8, 4) is 12.8 Å². The van der Waals surface area contributed by atoms with Gasteiger partial charge in [0.1, 0.15) is 0 Å². The van der Waals surface area contributed by atoms with E-state index in [1.54, 1.807) is 6.08 Å². The van der Waals surface area contributed by atoms with Crippen molar-refractivity contribution in [2.45, 2.75) is 13.8 Å². The third kappa shape index (κ3) is 7.38. The maximum atomic E-state index is 13.1. The van der Waals surface area contributed by atoms with E-state index in [-0.39, 0.29) is 17.7 Å². The molecule has 3 aromatic rings. The summed E-state index contributed by atoms with van der Waals surface area (Å²) in [6, 6.07) is 28.8. The van der Waals surface area contributed by atoms with Gasteiger partial charge in [-0.15, -0.1) is 12.8 Å². The number of hydrogen-bond acceptors (Lipinski definition) is 4. The predicted octanol–water partition coefficient (Wildman–Crippen LogP) is 8.56. The van der Waals surface area contributed by atoms with Gasteiger partial charge in [0.25, 0.3) is 5.91 Å². The minimum atomic E-state index is -0.212. The largest absolute Gasteiger partial charge is 0.419 e. The summed E-state index contributed by atoms with van der Waals surface area (Å²) in [7, 11) is 0. The Bertz CT molecular complexity index is 1350. The summed E-state index contributed by atoms with van der Waals surface area (Å²) in [6.45, 7) is 4.24. The van der Waals surface area contributed by atoms with Crippen LogP contribution in [0.4, 0.5) is 17.1 Å². The molecule has 4 rings (SSSR count). The number of rotatable bonds is 8. The molecule has 1 heterocycles. The highest BCUT2D eigenvalue weighted by atomic mass is 79.9. The maximum absolute atomic E-state index is 13.1. The lowest BCUT2D eigenvalue weighted by Gasteiger charge is -2.25. The van der Waals surface area contributed by atoms with E-state index in [9.17, 15) is 4.79 Å². The van der Waals surface area contributed by atoms with Crippen LogP contribution in [-0.2, 0) is 9.53 Å². The van der Waals surface area contributed by atoms with Gasteiger partial charge in [-0.1, -0.05) is 76.6 Å². The number of likely N-dealkylation sites (N-methyl/N-ethyl adjacent to an activating group) is 1. The number of amidine groups is 1. The monoisotopic (exact) mass is 645 g/mol. The molecule has 0 N–H and O–H groups in total. The van der Waals surface area contributed by atoms with E-state index < -0.39 is 0 Å². The van der Waals surface area contributed by atoms with Gasteiger partial charge < -0.3 is 9.64 Å². The Morgan fingerprint density at radius 1 is 0.949 bits per heavy atom. The second-order valence-electron chi connectivity index (χ2n) is 8.03. The highest BCUT2D eigenvalue weighted by molar-refractivity contribution is 9.12. The molecule has 3 aromatic carbocycles. The molecule has 5 nitrogen and oxygen atoms in total. The van der Waals surface area contributed by atoms with Crippen molar-refractivity contribution in [2.24, 2.45) is 4.99 Å². The fourth-order valence-electron chi connectivity index (χ4n) is 3.87. The average Bonchev–Trinajstić information content (AvgIpc) is 3.28. The molecule has 39 heavy (non-hydrogen) atoms. The van der Waals surface area contributed by atoms with Crippen molar-refractivity contribution in [1.82, 2.24) is 4.90 Å².